The molecule has 0 fully saturated rings. The molecule has 1 rings (SSSR count). The minimum atomic E-state index is 0.176. The second kappa shape index (κ2) is 5.71. The topological polar surface area (TPSA) is 58.6 Å². The van der Waals surface area contributed by atoms with Crippen molar-refractivity contribution in [1.82, 2.24) is 0 Å². The molecule has 0 saturated carbocycles. The first-order chi connectivity index (χ1) is 8.32. The molecular weight excluding hydrogens is 224 g/mol. The second-order valence-corrected chi connectivity index (χ2v) is 5.40. The third-order valence-electron chi connectivity index (χ3n) is 2.73. The van der Waals surface area contributed by atoms with Crippen LogP contribution >= 0.6 is 0 Å². The quantitative estimate of drug-likeness (QED) is 0.346. The van der Waals surface area contributed by atoms with Crippen molar-refractivity contribution in [3.8, 4) is 0 Å². The Morgan fingerprint density at radius 3 is 2.67 bits per heavy atom. The van der Waals surface area contributed by atoms with Crippen LogP contribution in [0.25, 0.3) is 0 Å². The van der Waals surface area contributed by atoms with E-state index in [9.17, 15) is 5.11 Å². The van der Waals surface area contributed by atoms with E-state index in [1.165, 1.54) is 6.08 Å². The van der Waals surface area contributed by atoms with E-state index in [4.69, 9.17) is 5.73 Å². The van der Waals surface area contributed by atoms with Crippen molar-refractivity contribution in [3.63, 3.8) is 0 Å². The summed E-state index contributed by atoms with van der Waals surface area (Å²) in [5.74, 6) is 0.565. The second-order valence-electron chi connectivity index (χ2n) is 5.40. The molecule has 0 unspecified atom stereocenters. The summed E-state index contributed by atoms with van der Waals surface area (Å²) < 4.78 is 0. The maximum atomic E-state index is 9.27. The van der Waals surface area contributed by atoms with Crippen molar-refractivity contribution in [1.29, 1.82) is 0 Å². The number of aliphatic hydroxyl groups is 1. The fraction of sp³-hybridized carbons (Fsp3) is 0.400. The molecule has 0 aromatic heterocycles. The van der Waals surface area contributed by atoms with E-state index >= 15 is 0 Å². The number of amidine groups is 1. The molecule has 0 radical (unpaired) electrons. The van der Waals surface area contributed by atoms with Gasteiger partial charge in [-0.05, 0) is 49.5 Å². The fourth-order valence-electron chi connectivity index (χ4n) is 2.05. The van der Waals surface area contributed by atoms with Gasteiger partial charge in [-0.1, -0.05) is 26.0 Å². The van der Waals surface area contributed by atoms with E-state index in [-0.39, 0.29) is 11.2 Å². The van der Waals surface area contributed by atoms with E-state index in [2.05, 4.69) is 25.4 Å². The first-order valence-corrected chi connectivity index (χ1v) is 6.08. The van der Waals surface area contributed by atoms with Crippen LogP contribution in [0.3, 0.4) is 0 Å². The summed E-state index contributed by atoms with van der Waals surface area (Å²) in [6.45, 7) is 10.1. The summed E-state index contributed by atoms with van der Waals surface area (Å²) >= 11 is 0. The average Bonchev–Trinajstić information content (AvgIpc) is 2.22. The average molecular weight is 246 g/mol. The van der Waals surface area contributed by atoms with Crippen molar-refractivity contribution in [3.05, 3.63) is 47.9 Å². The molecule has 0 aromatic rings. The van der Waals surface area contributed by atoms with Gasteiger partial charge in [0.1, 0.15) is 11.6 Å². The van der Waals surface area contributed by atoms with Crippen molar-refractivity contribution >= 4 is 5.84 Å². The Labute approximate surface area is 109 Å². The van der Waals surface area contributed by atoms with Gasteiger partial charge in [-0.15, -0.1) is 0 Å². The molecule has 0 aromatic carbocycles. The zero-order valence-corrected chi connectivity index (χ0v) is 11.4. The number of aliphatic imine (C=N–C) groups is 1. The highest BCUT2D eigenvalue weighted by atomic mass is 16.3. The molecule has 98 valence electrons. The van der Waals surface area contributed by atoms with Gasteiger partial charge in [0.15, 0.2) is 0 Å². The van der Waals surface area contributed by atoms with Crippen molar-refractivity contribution in [2.45, 2.75) is 33.6 Å². The van der Waals surface area contributed by atoms with Gasteiger partial charge in [-0.3, -0.25) is 0 Å². The van der Waals surface area contributed by atoms with Crippen molar-refractivity contribution in [2.75, 3.05) is 0 Å². The third-order valence-corrected chi connectivity index (χ3v) is 2.73. The monoisotopic (exact) mass is 246 g/mol. The normalized spacial score (nSPS) is 21.3. The van der Waals surface area contributed by atoms with Gasteiger partial charge in [0.25, 0.3) is 0 Å². The van der Waals surface area contributed by atoms with Gasteiger partial charge in [-0.25, -0.2) is 4.99 Å². The molecule has 0 spiro atoms. The Bertz CT molecular complexity index is 451. The molecule has 1 aliphatic rings. The first-order valence-electron chi connectivity index (χ1n) is 6.08. The van der Waals surface area contributed by atoms with E-state index in [1.807, 2.05) is 6.08 Å². The van der Waals surface area contributed by atoms with Crippen LogP contribution in [0.5, 0.6) is 0 Å². The van der Waals surface area contributed by atoms with Gasteiger partial charge in [-0.2, -0.15) is 0 Å². The van der Waals surface area contributed by atoms with Gasteiger partial charge < -0.3 is 10.8 Å². The standard InChI is InChI=1S/C15H22N2O/c1-5-13(18)6-7-14(16)17-12-8-11(2)9-15(3,4)10-12/h5-8,18H,2,9-10H2,1,3-4H3,(H2,16,17)/b7-6-,13-5+. The first kappa shape index (κ1) is 14.3. The summed E-state index contributed by atoms with van der Waals surface area (Å²) in [6, 6.07) is 0. The Morgan fingerprint density at radius 1 is 1.44 bits per heavy atom. The zero-order chi connectivity index (χ0) is 13.8. The molecular formula is C15H22N2O. The lowest BCUT2D eigenvalue weighted by atomic mass is 9.78. The van der Waals surface area contributed by atoms with E-state index < -0.39 is 0 Å². The van der Waals surface area contributed by atoms with Crippen molar-refractivity contribution in [2.24, 2.45) is 16.1 Å². The number of nitrogens with zero attached hydrogens (tertiary/aromatic N) is 1. The Hall–Kier alpha value is -1.77. The molecule has 3 N–H and O–H groups in total. The van der Waals surface area contributed by atoms with Crippen LogP contribution in [0.1, 0.15) is 33.6 Å². The van der Waals surface area contributed by atoms with E-state index in [0.717, 1.165) is 24.1 Å². The number of hydrogen-bond donors (Lipinski definition) is 2. The molecule has 0 amide bonds. The smallest absolute Gasteiger partial charge is 0.123 e. The SMILES string of the molecule is C=C1C=C(N=C(N)/C=C\C(O)=C/C)CC(C)(C)C1. The number of aliphatic hydroxyl groups excluding tert-OH is 1. The highest BCUT2D eigenvalue weighted by Crippen LogP contribution is 2.37. The van der Waals surface area contributed by atoms with E-state index in [0.29, 0.717) is 5.84 Å². The van der Waals surface area contributed by atoms with Crippen LogP contribution < -0.4 is 5.73 Å². The number of nitrogens with two attached hydrogens (primary N) is 1. The lowest BCUT2D eigenvalue weighted by Crippen LogP contribution is -2.18. The summed E-state index contributed by atoms with van der Waals surface area (Å²) in [5.41, 5.74) is 8.00. The number of rotatable bonds is 3. The number of hydrogen-bond acceptors (Lipinski definition) is 2. The minimum Gasteiger partial charge on any atom is -0.508 e. The van der Waals surface area contributed by atoms with Gasteiger partial charge in [0.05, 0.1) is 0 Å². The van der Waals surface area contributed by atoms with Crippen LogP contribution in [0.4, 0.5) is 0 Å². The summed E-state index contributed by atoms with van der Waals surface area (Å²) in [5, 5.41) is 9.27. The third kappa shape index (κ3) is 4.62. The maximum absolute atomic E-state index is 9.27. The fourth-order valence-corrected chi connectivity index (χ4v) is 2.05. The number of allylic oxidation sites excluding steroid dienone is 5. The molecule has 18 heavy (non-hydrogen) atoms. The molecule has 0 saturated heterocycles. The zero-order valence-electron chi connectivity index (χ0n) is 11.4. The Kier molecular flexibility index (Phi) is 4.54. The molecule has 3 nitrogen and oxygen atoms in total. The summed E-state index contributed by atoms with van der Waals surface area (Å²) in [7, 11) is 0. The highest BCUT2D eigenvalue weighted by Gasteiger charge is 2.24. The van der Waals surface area contributed by atoms with Gasteiger partial charge >= 0.3 is 0 Å². The van der Waals surface area contributed by atoms with Crippen LogP contribution in [0.2, 0.25) is 0 Å². The Balaban J connectivity index is 2.83. The van der Waals surface area contributed by atoms with Crippen LogP contribution in [0, 0.1) is 5.41 Å². The molecule has 0 atom stereocenters. The molecule has 3 heteroatoms. The van der Waals surface area contributed by atoms with Gasteiger partial charge in [0.2, 0.25) is 0 Å². The highest BCUT2D eigenvalue weighted by molar-refractivity contribution is 5.92. The lowest BCUT2D eigenvalue weighted by Gasteiger charge is -2.29. The Morgan fingerprint density at radius 2 is 2.11 bits per heavy atom. The summed E-state index contributed by atoms with van der Waals surface area (Å²) in [4.78, 5) is 4.36. The van der Waals surface area contributed by atoms with Crippen LogP contribution in [-0.4, -0.2) is 10.9 Å². The molecule has 1 aliphatic carbocycles. The lowest BCUT2D eigenvalue weighted by molar-refractivity contribution is 0.351. The molecule has 0 bridgehead atoms. The van der Waals surface area contributed by atoms with Crippen molar-refractivity contribution < 1.29 is 5.11 Å². The van der Waals surface area contributed by atoms with Crippen LogP contribution in [0.15, 0.2) is 52.9 Å². The van der Waals surface area contributed by atoms with E-state index in [1.54, 1.807) is 19.1 Å². The largest absolute Gasteiger partial charge is 0.508 e. The van der Waals surface area contributed by atoms with Crippen LogP contribution in [-0.2, 0) is 0 Å². The molecule has 0 aliphatic heterocycles. The maximum Gasteiger partial charge on any atom is 0.123 e. The molecule has 0 heterocycles. The predicted octanol–water partition coefficient (Wildman–Crippen LogP) is 3.62. The summed E-state index contributed by atoms with van der Waals surface area (Å²) in [6.07, 6.45) is 8.58. The minimum absolute atomic E-state index is 0.176. The van der Waals surface area contributed by atoms with Gasteiger partial charge in [0, 0.05) is 5.70 Å². The predicted molar refractivity (Wildman–Crippen MR) is 77.4 cm³/mol.